The SMILES string of the molecule is CCN(C)S(=O)(=O)NC(=O)[C@@]12C[C@@H]1/C=C\CCCCC[C@H](NC(=O)OC(C)(C)C)C(=O)N1C[C@H](OC(=O)N3Cc4ccccc4C3)C[C@H]1C(=O)N2. The molecule has 5 atom stereocenters. The highest BCUT2D eigenvalue weighted by Crippen LogP contribution is 2.46. The molecular weight excluding hydrogens is 680 g/mol. The summed E-state index contributed by atoms with van der Waals surface area (Å²) in [5.74, 6) is -2.62. The number of rotatable bonds is 6. The first-order valence-electron chi connectivity index (χ1n) is 17.6. The van der Waals surface area contributed by atoms with Crippen molar-refractivity contribution in [2.45, 2.75) is 115 Å². The Morgan fingerprint density at radius 1 is 1.08 bits per heavy atom. The lowest BCUT2D eigenvalue weighted by molar-refractivity contribution is -0.141. The zero-order valence-corrected chi connectivity index (χ0v) is 30.8. The monoisotopic (exact) mass is 730 g/mol. The van der Waals surface area contributed by atoms with E-state index >= 15 is 0 Å². The van der Waals surface area contributed by atoms with Gasteiger partial charge in [0.2, 0.25) is 11.8 Å². The highest BCUT2D eigenvalue weighted by Gasteiger charge is 2.62. The number of allylic oxidation sites excluding steroid dienone is 1. The molecule has 15 nitrogen and oxygen atoms in total. The molecule has 0 unspecified atom stereocenters. The van der Waals surface area contributed by atoms with Crippen LogP contribution in [0.15, 0.2) is 36.4 Å². The summed E-state index contributed by atoms with van der Waals surface area (Å²) in [5.41, 5.74) is -0.390. The van der Waals surface area contributed by atoms with Crippen LogP contribution in [0.4, 0.5) is 9.59 Å². The van der Waals surface area contributed by atoms with Crippen LogP contribution in [0.5, 0.6) is 0 Å². The number of carbonyl (C=O) groups excluding carboxylic acids is 5. The van der Waals surface area contributed by atoms with Crippen LogP contribution < -0.4 is 15.4 Å². The minimum Gasteiger partial charge on any atom is -0.444 e. The van der Waals surface area contributed by atoms with Gasteiger partial charge in [0, 0.05) is 39.0 Å². The fourth-order valence-electron chi connectivity index (χ4n) is 6.75. The van der Waals surface area contributed by atoms with Gasteiger partial charge in [0.1, 0.15) is 29.3 Å². The Labute approximate surface area is 299 Å². The number of fused-ring (bicyclic) bond motifs is 3. The zero-order chi connectivity index (χ0) is 37.1. The Morgan fingerprint density at radius 3 is 2.41 bits per heavy atom. The van der Waals surface area contributed by atoms with Gasteiger partial charge in [0.15, 0.2) is 0 Å². The molecule has 3 N–H and O–H groups in total. The fourth-order valence-corrected chi connectivity index (χ4v) is 7.66. The molecule has 1 saturated carbocycles. The molecule has 16 heteroatoms. The maximum absolute atomic E-state index is 14.3. The third kappa shape index (κ3) is 9.01. The van der Waals surface area contributed by atoms with Gasteiger partial charge in [-0.2, -0.15) is 12.7 Å². The normalized spacial score (nSPS) is 27.6. The fraction of sp³-hybridized carbons (Fsp3) is 0.629. The minimum absolute atomic E-state index is 0.0711. The number of benzene rings is 1. The van der Waals surface area contributed by atoms with E-state index in [4.69, 9.17) is 9.47 Å². The van der Waals surface area contributed by atoms with Gasteiger partial charge in [-0.3, -0.25) is 19.3 Å². The summed E-state index contributed by atoms with van der Waals surface area (Å²) in [7, 11) is -2.85. The molecule has 0 spiro atoms. The third-order valence-corrected chi connectivity index (χ3v) is 11.3. The van der Waals surface area contributed by atoms with Crippen LogP contribution in [-0.4, -0.2) is 102 Å². The molecule has 3 aliphatic heterocycles. The number of hydrogen-bond acceptors (Lipinski definition) is 9. The van der Waals surface area contributed by atoms with Crippen LogP contribution in [-0.2, 0) is 47.2 Å². The second kappa shape index (κ2) is 15.2. The number of nitrogens with zero attached hydrogens (tertiary/aromatic N) is 3. The lowest BCUT2D eigenvalue weighted by atomic mass is 10.0. The molecule has 2 fully saturated rings. The summed E-state index contributed by atoms with van der Waals surface area (Å²) < 4.78 is 40.1. The Kier molecular flexibility index (Phi) is 11.3. The van der Waals surface area contributed by atoms with Crippen molar-refractivity contribution < 1.29 is 41.9 Å². The molecule has 51 heavy (non-hydrogen) atoms. The van der Waals surface area contributed by atoms with E-state index in [2.05, 4.69) is 15.4 Å². The van der Waals surface area contributed by atoms with Crippen LogP contribution in [0.2, 0.25) is 0 Å². The standard InChI is InChI=1S/C35H50N6O9S/c1-6-39(5)51(47,48)38-31(44)35-19-25(35)16-10-8-7-9-11-17-27(36-32(45)50-34(2,3)4)30(43)41-22-26(18-28(41)29(42)37-35)49-33(46)40-20-23-14-12-13-15-24(23)21-40/h10,12-16,25-28H,6-9,11,17-22H2,1-5H3,(H,36,45)(H,37,42)(H,38,44)/b16-10-/t25-,26+,27-,28-,35+/m0/s1. The summed E-state index contributed by atoms with van der Waals surface area (Å²) in [5, 5.41) is 5.48. The van der Waals surface area contributed by atoms with E-state index in [9.17, 15) is 32.4 Å². The van der Waals surface area contributed by atoms with Crippen molar-refractivity contribution in [2.75, 3.05) is 20.1 Å². The van der Waals surface area contributed by atoms with Gasteiger partial charge in [0.05, 0.1) is 6.54 Å². The van der Waals surface area contributed by atoms with Crippen LogP contribution in [0, 0.1) is 5.92 Å². The first kappa shape index (κ1) is 38.1. The van der Waals surface area contributed by atoms with Gasteiger partial charge in [0.25, 0.3) is 5.91 Å². The second-order valence-electron chi connectivity index (χ2n) is 14.8. The Hall–Kier alpha value is -4.18. The van der Waals surface area contributed by atoms with Crippen LogP contribution in [0.25, 0.3) is 0 Å². The molecular formula is C35H50N6O9S. The van der Waals surface area contributed by atoms with Gasteiger partial charge < -0.3 is 25.0 Å². The van der Waals surface area contributed by atoms with Crippen LogP contribution in [0.1, 0.15) is 83.8 Å². The van der Waals surface area contributed by atoms with Crippen molar-refractivity contribution in [3.05, 3.63) is 47.5 Å². The second-order valence-corrected chi connectivity index (χ2v) is 16.5. The zero-order valence-electron chi connectivity index (χ0n) is 30.0. The summed E-state index contributed by atoms with van der Waals surface area (Å²) in [6.07, 6.45) is 4.61. The lowest BCUT2D eigenvalue weighted by Gasteiger charge is -2.30. The van der Waals surface area contributed by atoms with Crippen molar-refractivity contribution in [2.24, 2.45) is 5.92 Å². The van der Waals surface area contributed by atoms with Crippen molar-refractivity contribution in [3.8, 4) is 0 Å². The van der Waals surface area contributed by atoms with E-state index in [1.807, 2.05) is 36.4 Å². The molecule has 1 aromatic carbocycles. The van der Waals surface area contributed by atoms with Gasteiger partial charge in [-0.15, -0.1) is 0 Å². The van der Waals surface area contributed by atoms with Crippen LogP contribution >= 0.6 is 0 Å². The topological polar surface area (TPSA) is 184 Å². The molecule has 280 valence electrons. The summed E-state index contributed by atoms with van der Waals surface area (Å²) in [6.45, 7) is 7.45. The molecule has 0 bridgehead atoms. The first-order chi connectivity index (χ1) is 24.0. The maximum Gasteiger partial charge on any atom is 0.410 e. The van der Waals surface area contributed by atoms with Crippen molar-refractivity contribution in [3.63, 3.8) is 0 Å². The van der Waals surface area contributed by atoms with E-state index in [-0.39, 0.29) is 32.4 Å². The van der Waals surface area contributed by atoms with Gasteiger partial charge >= 0.3 is 22.4 Å². The van der Waals surface area contributed by atoms with Gasteiger partial charge in [-0.05, 0) is 57.6 Å². The number of nitrogens with one attached hydrogen (secondary N) is 3. The molecule has 1 aromatic rings. The van der Waals surface area contributed by atoms with E-state index < -0.39 is 75.4 Å². The predicted molar refractivity (Wildman–Crippen MR) is 186 cm³/mol. The van der Waals surface area contributed by atoms with Crippen LogP contribution in [0.3, 0.4) is 0 Å². The third-order valence-electron chi connectivity index (χ3n) is 9.78. The molecule has 1 saturated heterocycles. The number of hydrogen-bond donors (Lipinski definition) is 3. The molecule has 4 aliphatic rings. The van der Waals surface area contributed by atoms with Crippen molar-refractivity contribution >= 4 is 40.1 Å². The highest BCUT2D eigenvalue weighted by molar-refractivity contribution is 7.87. The Morgan fingerprint density at radius 2 is 1.76 bits per heavy atom. The van der Waals surface area contributed by atoms with Crippen molar-refractivity contribution in [1.29, 1.82) is 0 Å². The summed E-state index contributed by atoms with van der Waals surface area (Å²) in [4.78, 5) is 71.2. The van der Waals surface area contributed by atoms with Gasteiger partial charge in [-0.25, -0.2) is 14.3 Å². The number of alkyl carbamates (subject to hydrolysis) is 1. The largest absolute Gasteiger partial charge is 0.444 e. The molecule has 3 heterocycles. The van der Waals surface area contributed by atoms with E-state index in [0.29, 0.717) is 25.9 Å². The Bertz CT molecular complexity index is 1640. The molecule has 5 amide bonds. The van der Waals surface area contributed by atoms with E-state index in [1.54, 1.807) is 32.6 Å². The Balaban J connectivity index is 1.41. The molecule has 5 rings (SSSR count). The van der Waals surface area contributed by atoms with E-state index in [1.165, 1.54) is 11.9 Å². The highest BCUT2D eigenvalue weighted by atomic mass is 32.2. The number of ether oxygens (including phenoxy) is 2. The molecule has 1 aliphatic carbocycles. The van der Waals surface area contributed by atoms with E-state index in [0.717, 1.165) is 28.3 Å². The first-order valence-corrected chi connectivity index (χ1v) is 19.1. The van der Waals surface area contributed by atoms with Gasteiger partial charge in [-0.1, -0.05) is 56.2 Å². The number of amides is 5. The van der Waals surface area contributed by atoms with Crippen molar-refractivity contribution in [1.82, 2.24) is 29.5 Å². The smallest absolute Gasteiger partial charge is 0.410 e. The average molecular weight is 731 g/mol. The molecule has 0 aromatic heterocycles. The summed E-state index contributed by atoms with van der Waals surface area (Å²) >= 11 is 0. The predicted octanol–water partition coefficient (Wildman–Crippen LogP) is 2.71. The summed E-state index contributed by atoms with van der Waals surface area (Å²) in [6, 6.07) is 5.43. The maximum atomic E-state index is 14.3. The minimum atomic E-state index is -4.18. The average Bonchev–Trinajstić information content (AvgIpc) is 3.36. The number of carbonyl (C=O) groups is 5. The quantitative estimate of drug-likeness (QED) is 0.371. The lowest BCUT2D eigenvalue weighted by Crippen LogP contribution is -2.59. The molecule has 0 radical (unpaired) electrons.